The molecule has 0 unspecified atom stereocenters. The smallest absolute Gasteiger partial charge is 0.311 e. The second-order valence-electron chi connectivity index (χ2n) is 6.39. The van der Waals surface area contributed by atoms with Crippen molar-refractivity contribution in [3.05, 3.63) is 35.4 Å². The van der Waals surface area contributed by atoms with Gasteiger partial charge in [-0.1, -0.05) is 0 Å². The van der Waals surface area contributed by atoms with E-state index in [1.165, 1.54) is 6.92 Å². The second-order valence-corrected chi connectivity index (χ2v) is 6.39. The lowest BCUT2D eigenvalue weighted by Crippen LogP contribution is -2.29. The maximum atomic E-state index is 13.7. The molecule has 124 valence electrons. The Morgan fingerprint density at radius 1 is 1.39 bits per heavy atom. The van der Waals surface area contributed by atoms with E-state index in [0.29, 0.717) is 19.0 Å². The summed E-state index contributed by atoms with van der Waals surface area (Å²) in [5.41, 5.74) is -0.00231. The SMILES string of the molecule is C[C@@H](OC(=O)[C@H]1CC(=O)N(CC2CC2)C1)c1cc(F)ccc1F. The van der Waals surface area contributed by atoms with Crippen LogP contribution in [0.3, 0.4) is 0 Å². The summed E-state index contributed by atoms with van der Waals surface area (Å²) in [5, 5.41) is 0. The third-order valence-corrected chi connectivity index (χ3v) is 4.41. The van der Waals surface area contributed by atoms with Gasteiger partial charge in [0.2, 0.25) is 5.91 Å². The summed E-state index contributed by atoms with van der Waals surface area (Å²) in [5.74, 6) is -1.74. The van der Waals surface area contributed by atoms with Crippen molar-refractivity contribution >= 4 is 11.9 Å². The Kier molecular flexibility index (Phi) is 4.33. The molecule has 0 radical (unpaired) electrons. The van der Waals surface area contributed by atoms with Crippen LogP contribution in [-0.2, 0) is 14.3 Å². The Morgan fingerprint density at radius 2 is 2.13 bits per heavy atom. The first-order chi connectivity index (χ1) is 10.9. The number of likely N-dealkylation sites (tertiary alicyclic amines) is 1. The molecule has 0 spiro atoms. The van der Waals surface area contributed by atoms with E-state index >= 15 is 0 Å². The third kappa shape index (κ3) is 3.68. The van der Waals surface area contributed by atoms with Crippen LogP contribution < -0.4 is 0 Å². The summed E-state index contributed by atoms with van der Waals surface area (Å²) in [6.45, 7) is 2.55. The molecule has 23 heavy (non-hydrogen) atoms. The zero-order valence-electron chi connectivity index (χ0n) is 12.9. The van der Waals surface area contributed by atoms with E-state index in [0.717, 1.165) is 31.0 Å². The minimum atomic E-state index is -0.897. The van der Waals surface area contributed by atoms with E-state index in [1.807, 2.05) is 0 Å². The molecule has 0 bridgehead atoms. The highest BCUT2D eigenvalue weighted by Gasteiger charge is 2.38. The molecule has 0 aromatic heterocycles. The van der Waals surface area contributed by atoms with Gasteiger partial charge >= 0.3 is 5.97 Å². The number of rotatable bonds is 5. The van der Waals surface area contributed by atoms with E-state index in [4.69, 9.17) is 4.74 Å². The predicted octanol–water partition coefficient (Wildman–Crippen LogP) is 2.83. The van der Waals surface area contributed by atoms with Gasteiger partial charge in [-0.25, -0.2) is 8.78 Å². The van der Waals surface area contributed by atoms with Crippen LogP contribution in [0.5, 0.6) is 0 Å². The van der Waals surface area contributed by atoms with Crippen molar-refractivity contribution in [1.82, 2.24) is 4.90 Å². The van der Waals surface area contributed by atoms with Crippen LogP contribution in [0.25, 0.3) is 0 Å². The van der Waals surface area contributed by atoms with Crippen molar-refractivity contribution in [2.24, 2.45) is 11.8 Å². The number of ether oxygens (including phenoxy) is 1. The third-order valence-electron chi connectivity index (χ3n) is 4.41. The topological polar surface area (TPSA) is 46.6 Å². The summed E-state index contributed by atoms with van der Waals surface area (Å²) in [4.78, 5) is 25.8. The van der Waals surface area contributed by atoms with Gasteiger partial charge in [0.1, 0.15) is 17.7 Å². The predicted molar refractivity (Wildman–Crippen MR) is 78.3 cm³/mol. The number of hydrogen-bond acceptors (Lipinski definition) is 3. The van der Waals surface area contributed by atoms with Gasteiger partial charge < -0.3 is 9.64 Å². The fourth-order valence-electron chi connectivity index (χ4n) is 2.88. The molecule has 1 amide bonds. The van der Waals surface area contributed by atoms with E-state index in [-0.39, 0.29) is 17.9 Å². The number of amides is 1. The second kappa shape index (κ2) is 6.26. The van der Waals surface area contributed by atoms with Crippen molar-refractivity contribution in [1.29, 1.82) is 0 Å². The molecule has 6 heteroatoms. The first kappa shape index (κ1) is 15.9. The fourth-order valence-corrected chi connectivity index (χ4v) is 2.88. The highest BCUT2D eigenvalue weighted by Crippen LogP contribution is 2.32. The van der Waals surface area contributed by atoms with Crippen LogP contribution in [0.2, 0.25) is 0 Å². The summed E-state index contributed by atoms with van der Waals surface area (Å²) >= 11 is 0. The Hall–Kier alpha value is -1.98. The van der Waals surface area contributed by atoms with Crippen molar-refractivity contribution in [2.45, 2.75) is 32.3 Å². The standard InChI is InChI=1S/C17H19F2NO3/c1-10(14-7-13(18)4-5-15(14)19)23-17(22)12-6-16(21)20(9-12)8-11-2-3-11/h4-5,7,10-12H,2-3,6,8-9H2,1H3/t10-,12+/m1/s1. The number of carbonyl (C=O) groups excluding carboxylic acids is 2. The summed E-state index contributed by atoms with van der Waals surface area (Å²) in [6, 6.07) is 3.04. The minimum absolute atomic E-state index is 0.00231. The zero-order valence-corrected chi connectivity index (χ0v) is 12.9. The average molecular weight is 323 g/mol. The van der Waals surface area contributed by atoms with Gasteiger partial charge in [-0.2, -0.15) is 0 Å². The molecular weight excluding hydrogens is 304 g/mol. The van der Waals surface area contributed by atoms with E-state index in [9.17, 15) is 18.4 Å². The molecule has 3 rings (SSSR count). The maximum Gasteiger partial charge on any atom is 0.311 e. The van der Waals surface area contributed by atoms with Crippen LogP contribution >= 0.6 is 0 Å². The average Bonchev–Trinajstić information content (AvgIpc) is 3.24. The number of halogens is 2. The number of esters is 1. The lowest BCUT2D eigenvalue weighted by molar-refractivity contribution is -0.153. The fraction of sp³-hybridized carbons (Fsp3) is 0.529. The van der Waals surface area contributed by atoms with Crippen LogP contribution in [-0.4, -0.2) is 29.9 Å². The molecule has 1 aliphatic heterocycles. The largest absolute Gasteiger partial charge is 0.457 e. The summed E-state index contributed by atoms with van der Waals surface area (Å²) in [6.07, 6.45) is 1.50. The molecule has 1 saturated carbocycles. The van der Waals surface area contributed by atoms with E-state index in [2.05, 4.69) is 0 Å². The van der Waals surface area contributed by atoms with Crippen molar-refractivity contribution < 1.29 is 23.1 Å². The zero-order chi connectivity index (χ0) is 16.6. The molecule has 1 heterocycles. The molecule has 1 aromatic carbocycles. The van der Waals surface area contributed by atoms with E-state index in [1.54, 1.807) is 4.90 Å². The van der Waals surface area contributed by atoms with Crippen molar-refractivity contribution in [3.8, 4) is 0 Å². The Morgan fingerprint density at radius 3 is 2.83 bits per heavy atom. The van der Waals surface area contributed by atoms with Crippen LogP contribution in [0, 0.1) is 23.5 Å². The van der Waals surface area contributed by atoms with Gasteiger partial charge in [-0.15, -0.1) is 0 Å². The van der Waals surface area contributed by atoms with Crippen molar-refractivity contribution in [3.63, 3.8) is 0 Å². The van der Waals surface area contributed by atoms with Gasteiger partial charge in [0, 0.05) is 25.1 Å². The summed E-state index contributed by atoms with van der Waals surface area (Å²) in [7, 11) is 0. The van der Waals surface area contributed by atoms with Crippen molar-refractivity contribution in [2.75, 3.05) is 13.1 Å². The first-order valence-electron chi connectivity index (χ1n) is 7.87. The molecule has 1 aromatic rings. The Labute approximate surface area is 133 Å². The van der Waals surface area contributed by atoms with Crippen LogP contribution in [0.4, 0.5) is 8.78 Å². The van der Waals surface area contributed by atoms with Gasteiger partial charge in [0.15, 0.2) is 0 Å². The molecule has 1 saturated heterocycles. The Balaban J connectivity index is 1.60. The molecule has 2 fully saturated rings. The molecule has 1 aliphatic carbocycles. The monoisotopic (exact) mass is 323 g/mol. The van der Waals surface area contributed by atoms with Crippen LogP contribution in [0.1, 0.15) is 37.9 Å². The van der Waals surface area contributed by atoms with Gasteiger partial charge in [-0.05, 0) is 43.9 Å². The highest BCUT2D eigenvalue weighted by molar-refractivity contribution is 5.86. The molecular formula is C17H19F2NO3. The minimum Gasteiger partial charge on any atom is -0.457 e. The molecule has 0 N–H and O–H groups in total. The molecule has 2 atom stereocenters. The van der Waals surface area contributed by atoms with Gasteiger partial charge in [-0.3, -0.25) is 9.59 Å². The number of nitrogens with zero attached hydrogens (tertiary/aromatic N) is 1. The first-order valence-corrected chi connectivity index (χ1v) is 7.87. The molecule has 2 aliphatic rings. The Bertz CT molecular complexity index is 630. The lowest BCUT2D eigenvalue weighted by atomic mass is 10.1. The summed E-state index contributed by atoms with van der Waals surface area (Å²) < 4.78 is 32.2. The number of benzene rings is 1. The van der Waals surface area contributed by atoms with Gasteiger partial charge in [0.25, 0.3) is 0 Å². The number of hydrogen-bond donors (Lipinski definition) is 0. The molecule has 4 nitrogen and oxygen atoms in total. The highest BCUT2D eigenvalue weighted by atomic mass is 19.1. The normalized spacial score (nSPS) is 22.3. The van der Waals surface area contributed by atoms with E-state index < -0.39 is 29.6 Å². The van der Waals surface area contributed by atoms with Crippen LogP contribution in [0.15, 0.2) is 18.2 Å². The maximum absolute atomic E-state index is 13.7. The quantitative estimate of drug-likeness (QED) is 0.783. The lowest BCUT2D eigenvalue weighted by Gasteiger charge is -2.18. The van der Waals surface area contributed by atoms with Gasteiger partial charge in [0.05, 0.1) is 5.92 Å². The number of carbonyl (C=O) groups is 2.